The number of carbonyl (C=O) groups is 1. The maximum atomic E-state index is 12.9. The average Bonchev–Trinajstić information content (AvgIpc) is 2.90. The Labute approximate surface area is 137 Å². The number of ketones is 1. The molecule has 2 aromatic carbocycles. The summed E-state index contributed by atoms with van der Waals surface area (Å²) in [5.74, 6) is 0.175. The summed E-state index contributed by atoms with van der Waals surface area (Å²) in [6, 6.07) is 9.14. The summed E-state index contributed by atoms with van der Waals surface area (Å²) >= 11 is 0. The monoisotopic (exact) mass is 328 g/mol. The fourth-order valence-electron chi connectivity index (χ4n) is 3.84. The molecule has 3 N–H and O–H groups in total. The highest BCUT2D eigenvalue weighted by molar-refractivity contribution is 6.10. The minimum absolute atomic E-state index is 0.150. The van der Waals surface area contributed by atoms with E-state index in [4.69, 9.17) is 9.47 Å². The van der Waals surface area contributed by atoms with Gasteiger partial charge < -0.3 is 24.8 Å². The van der Waals surface area contributed by atoms with Gasteiger partial charge in [0, 0.05) is 16.7 Å². The second-order valence-electron chi connectivity index (χ2n) is 6.07. The smallest absolute Gasteiger partial charge is 0.202 e. The topological polar surface area (TPSA) is 96.2 Å². The summed E-state index contributed by atoms with van der Waals surface area (Å²) in [7, 11) is 2.92. The SMILES string of the molecule is COc1ccc2c(c1)[C@@]1(O)[C@H](O)c3ccc(OC)cc3[C@@]1(O)C2=O. The quantitative estimate of drug-likeness (QED) is 0.762. The van der Waals surface area contributed by atoms with Gasteiger partial charge in [0.25, 0.3) is 0 Å². The molecule has 0 unspecified atom stereocenters. The molecule has 4 rings (SSSR count). The number of carbonyl (C=O) groups excluding carboxylic acids is 1. The van der Waals surface area contributed by atoms with E-state index in [2.05, 4.69) is 0 Å². The fourth-order valence-corrected chi connectivity index (χ4v) is 3.84. The Bertz CT molecular complexity index is 876. The van der Waals surface area contributed by atoms with Crippen molar-refractivity contribution >= 4 is 5.78 Å². The number of ether oxygens (including phenoxy) is 2. The van der Waals surface area contributed by atoms with E-state index < -0.39 is 23.1 Å². The molecule has 0 radical (unpaired) electrons. The number of hydrogen-bond donors (Lipinski definition) is 3. The van der Waals surface area contributed by atoms with Crippen LogP contribution < -0.4 is 9.47 Å². The first-order chi connectivity index (χ1) is 11.4. The molecule has 0 bridgehead atoms. The van der Waals surface area contributed by atoms with E-state index in [1.54, 1.807) is 18.2 Å². The van der Waals surface area contributed by atoms with E-state index in [-0.39, 0.29) is 16.7 Å². The van der Waals surface area contributed by atoms with Gasteiger partial charge in [-0.05, 0) is 35.9 Å². The molecular formula is C18H16O6. The third-order valence-corrected chi connectivity index (χ3v) is 5.10. The first-order valence-corrected chi connectivity index (χ1v) is 7.44. The molecule has 2 aliphatic carbocycles. The van der Waals surface area contributed by atoms with Gasteiger partial charge in [0.05, 0.1) is 14.2 Å². The van der Waals surface area contributed by atoms with Gasteiger partial charge in [-0.1, -0.05) is 6.07 Å². The zero-order valence-electron chi connectivity index (χ0n) is 13.1. The Morgan fingerprint density at radius 2 is 1.54 bits per heavy atom. The predicted octanol–water partition coefficient (Wildman–Crippen LogP) is 1.02. The zero-order valence-corrected chi connectivity index (χ0v) is 13.1. The number of fused-ring (bicyclic) bond motifs is 5. The van der Waals surface area contributed by atoms with Crippen molar-refractivity contribution in [1.29, 1.82) is 0 Å². The van der Waals surface area contributed by atoms with E-state index in [1.165, 1.54) is 32.4 Å². The summed E-state index contributed by atoms with van der Waals surface area (Å²) in [5, 5.41) is 33.2. The summed E-state index contributed by atoms with van der Waals surface area (Å²) in [6.45, 7) is 0. The normalized spacial score (nSPS) is 29.9. The molecular weight excluding hydrogens is 312 g/mol. The molecule has 0 aromatic heterocycles. The van der Waals surface area contributed by atoms with Crippen molar-refractivity contribution in [3.63, 3.8) is 0 Å². The molecule has 0 spiro atoms. The second kappa shape index (κ2) is 4.57. The third kappa shape index (κ3) is 1.44. The Morgan fingerprint density at radius 3 is 2.17 bits per heavy atom. The van der Waals surface area contributed by atoms with E-state index in [0.29, 0.717) is 17.1 Å². The van der Waals surface area contributed by atoms with Crippen molar-refractivity contribution in [3.05, 3.63) is 58.7 Å². The lowest BCUT2D eigenvalue weighted by molar-refractivity contribution is -0.171. The number of rotatable bonds is 2. The zero-order chi connectivity index (χ0) is 17.3. The molecule has 2 aromatic rings. The van der Waals surface area contributed by atoms with Gasteiger partial charge in [-0.2, -0.15) is 0 Å². The van der Waals surface area contributed by atoms with Crippen molar-refractivity contribution in [2.75, 3.05) is 14.2 Å². The van der Waals surface area contributed by atoms with Crippen LogP contribution in [0.4, 0.5) is 0 Å². The highest BCUT2D eigenvalue weighted by atomic mass is 16.5. The maximum Gasteiger partial charge on any atom is 0.202 e. The molecule has 2 aliphatic rings. The van der Waals surface area contributed by atoms with Gasteiger partial charge >= 0.3 is 0 Å². The van der Waals surface area contributed by atoms with Gasteiger partial charge in [-0.15, -0.1) is 0 Å². The first kappa shape index (κ1) is 15.1. The first-order valence-electron chi connectivity index (χ1n) is 7.44. The van der Waals surface area contributed by atoms with Crippen LogP contribution in [-0.4, -0.2) is 35.3 Å². The van der Waals surface area contributed by atoms with Gasteiger partial charge in [-0.25, -0.2) is 0 Å². The third-order valence-electron chi connectivity index (χ3n) is 5.10. The lowest BCUT2D eigenvalue weighted by atomic mass is 9.82. The fraction of sp³-hybridized carbons (Fsp3) is 0.278. The molecule has 0 saturated heterocycles. The molecule has 3 atom stereocenters. The van der Waals surface area contributed by atoms with E-state index >= 15 is 0 Å². The maximum absolute atomic E-state index is 12.9. The summed E-state index contributed by atoms with van der Waals surface area (Å²) in [5.41, 5.74) is -3.70. The number of aliphatic hydroxyl groups excluding tert-OH is 1. The van der Waals surface area contributed by atoms with Crippen molar-refractivity contribution in [2.45, 2.75) is 17.3 Å². The van der Waals surface area contributed by atoms with Crippen LogP contribution in [-0.2, 0) is 11.2 Å². The van der Waals surface area contributed by atoms with Crippen LogP contribution in [0.3, 0.4) is 0 Å². The van der Waals surface area contributed by atoms with Crippen molar-refractivity contribution in [2.24, 2.45) is 0 Å². The number of Topliss-reactive ketones (excluding diaryl/α,β-unsaturated/α-hetero) is 1. The number of aliphatic hydroxyl groups is 3. The molecule has 0 amide bonds. The molecule has 0 heterocycles. The van der Waals surface area contributed by atoms with Gasteiger partial charge in [-0.3, -0.25) is 4.79 Å². The summed E-state index contributed by atoms with van der Waals surface area (Å²) in [4.78, 5) is 12.9. The van der Waals surface area contributed by atoms with Crippen molar-refractivity contribution < 1.29 is 29.6 Å². The highest BCUT2D eigenvalue weighted by Gasteiger charge is 2.71. The minimum atomic E-state index is -2.27. The van der Waals surface area contributed by atoms with Gasteiger partial charge in [0.15, 0.2) is 11.2 Å². The molecule has 0 saturated carbocycles. The molecule has 6 heteroatoms. The minimum Gasteiger partial charge on any atom is -0.497 e. The molecule has 124 valence electrons. The molecule has 24 heavy (non-hydrogen) atoms. The molecule has 6 nitrogen and oxygen atoms in total. The van der Waals surface area contributed by atoms with Gasteiger partial charge in [0.1, 0.15) is 17.6 Å². The summed E-state index contributed by atoms with van der Waals surface area (Å²) < 4.78 is 10.3. The second-order valence-corrected chi connectivity index (χ2v) is 6.07. The van der Waals surface area contributed by atoms with E-state index in [0.717, 1.165) is 0 Å². The van der Waals surface area contributed by atoms with Crippen LogP contribution in [0.1, 0.15) is 33.2 Å². The Kier molecular flexibility index (Phi) is 2.88. The lowest BCUT2D eigenvalue weighted by Gasteiger charge is -2.33. The van der Waals surface area contributed by atoms with E-state index in [1.807, 2.05) is 0 Å². The highest BCUT2D eigenvalue weighted by Crippen LogP contribution is 2.62. The summed E-state index contributed by atoms with van der Waals surface area (Å²) in [6.07, 6.45) is -1.46. The van der Waals surface area contributed by atoms with Crippen LogP contribution in [0.2, 0.25) is 0 Å². The number of methoxy groups -OCH3 is 2. The van der Waals surface area contributed by atoms with Gasteiger partial charge in [0.2, 0.25) is 5.78 Å². The Morgan fingerprint density at radius 1 is 0.958 bits per heavy atom. The number of benzene rings is 2. The Balaban J connectivity index is 2.04. The largest absolute Gasteiger partial charge is 0.497 e. The van der Waals surface area contributed by atoms with Crippen molar-refractivity contribution in [3.8, 4) is 11.5 Å². The van der Waals surface area contributed by atoms with Crippen LogP contribution >= 0.6 is 0 Å². The average molecular weight is 328 g/mol. The van der Waals surface area contributed by atoms with E-state index in [9.17, 15) is 20.1 Å². The van der Waals surface area contributed by atoms with Crippen LogP contribution in [0.25, 0.3) is 0 Å². The standard InChI is InChI=1S/C18H16O6/c1-23-9-3-5-11-13(7-9)17(21)16(20)12-6-4-10(24-2)8-14(12)18(17,22)15(11)19/h3-8,15,19,21-22H,1-2H3/t15-,17-,18-/m1/s1. The number of hydrogen-bond acceptors (Lipinski definition) is 6. The van der Waals surface area contributed by atoms with Crippen molar-refractivity contribution in [1.82, 2.24) is 0 Å². The molecule has 0 fully saturated rings. The molecule has 0 aliphatic heterocycles. The van der Waals surface area contributed by atoms with Crippen LogP contribution in [0, 0.1) is 0 Å². The Hall–Kier alpha value is -2.41. The van der Waals surface area contributed by atoms with Crippen LogP contribution in [0.5, 0.6) is 11.5 Å². The lowest BCUT2D eigenvalue weighted by Crippen LogP contribution is -2.48. The predicted molar refractivity (Wildman–Crippen MR) is 83.1 cm³/mol. The van der Waals surface area contributed by atoms with Crippen LogP contribution in [0.15, 0.2) is 36.4 Å².